The highest BCUT2D eigenvalue weighted by Gasteiger charge is 2.55. The van der Waals surface area contributed by atoms with E-state index in [1.807, 2.05) is 0 Å². The van der Waals surface area contributed by atoms with Crippen molar-refractivity contribution in [1.29, 1.82) is 0 Å². The molecule has 164 valence electrons. The molecule has 0 bridgehead atoms. The molecule has 0 N–H and O–H groups in total. The lowest BCUT2D eigenvalue weighted by Gasteiger charge is -2.45. The maximum atomic E-state index is 6.45. The fourth-order valence-corrected chi connectivity index (χ4v) is 10.5. The Kier molecular flexibility index (Phi) is 6.10. The molecule has 0 radical (unpaired) electrons. The molecular weight excluding hydrogens is 395 g/mol. The summed E-state index contributed by atoms with van der Waals surface area (Å²) in [7, 11) is -2.34. The van der Waals surface area contributed by atoms with Gasteiger partial charge in [0.1, 0.15) is 8.07 Å². The van der Waals surface area contributed by atoms with E-state index < -0.39 is 8.07 Å². The Balaban J connectivity index is 1.73. The molecule has 4 heteroatoms. The molecule has 2 atom stereocenters. The monoisotopic (exact) mass is 432 g/mol. The number of allylic oxidation sites excluding steroid dienone is 1. The number of rotatable bonds is 5. The lowest BCUT2D eigenvalue weighted by atomic mass is 9.67. The van der Waals surface area contributed by atoms with E-state index >= 15 is 0 Å². The summed E-state index contributed by atoms with van der Waals surface area (Å²) in [6.07, 6.45) is 4.97. The topological polar surface area (TPSA) is 18.5 Å². The minimum Gasteiger partial charge on any atom is -0.400 e. The summed E-state index contributed by atoms with van der Waals surface area (Å²) in [5.41, 5.74) is 1.07. The minimum absolute atomic E-state index is 0.319. The van der Waals surface area contributed by atoms with Crippen LogP contribution in [0, 0.1) is 5.92 Å². The maximum Gasteiger partial charge on any atom is 0.490 e. The number of benzene rings is 2. The van der Waals surface area contributed by atoms with Crippen molar-refractivity contribution in [1.82, 2.24) is 0 Å². The average molecular weight is 432 g/mol. The highest BCUT2D eigenvalue weighted by molar-refractivity contribution is 7.02. The van der Waals surface area contributed by atoms with Gasteiger partial charge in [0.25, 0.3) is 0 Å². The van der Waals surface area contributed by atoms with Gasteiger partial charge in [-0.05, 0) is 51.0 Å². The van der Waals surface area contributed by atoms with Crippen LogP contribution in [-0.4, -0.2) is 26.4 Å². The van der Waals surface area contributed by atoms with E-state index in [0.29, 0.717) is 11.5 Å². The SMILES string of the molecule is C=C(B1OC(C)(C)C(C)(C)O1)[C@@H]1CCCC[C@@H]1[Si](C)(c1ccccc1)c1ccccc1. The molecule has 4 rings (SSSR count). The quantitative estimate of drug-likeness (QED) is 0.571. The van der Waals surface area contributed by atoms with Gasteiger partial charge >= 0.3 is 7.12 Å². The van der Waals surface area contributed by atoms with Gasteiger partial charge in [-0.25, -0.2) is 0 Å². The first kappa shape index (κ1) is 22.6. The highest BCUT2D eigenvalue weighted by atomic mass is 28.3. The Morgan fingerprint density at radius 1 is 0.839 bits per heavy atom. The molecule has 0 unspecified atom stereocenters. The van der Waals surface area contributed by atoms with Crippen LogP contribution in [-0.2, 0) is 9.31 Å². The molecule has 0 amide bonds. The van der Waals surface area contributed by atoms with Gasteiger partial charge in [-0.1, -0.05) is 96.8 Å². The van der Waals surface area contributed by atoms with Crippen LogP contribution in [0.2, 0.25) is 12.1 Å². The van der Waals surface area contributed by atoms with E-state index in [2.05, 4.69) is 101 Å². The Labute approximate surface area is 190 Å². The van der Waals surface area contributed by atoms with Gasteiger partial charge in [0.05, 0.1) is 11.2 Å². The second-order valence-corrected chi connectivity index (χ2v) is 14.9. The van der Waals surface area contributed by atoms with Crippen LogP contribution in [0.25, 0.3) is 0 Å². The summed E-state index contributed by atoms with van der Waals surface area (Å²) >= 11 is 0. The predicted octanol–water partition coefficient (Wildman–Crippen LogP) is 5.63. The zero-order chi connectivity index (χ0) is 22.3. The van der Waals surface area contributed by atoms with Crippen molar-refractivity contribution in [3.63, 3.8) is 0 Å². The number of hydrogen-bond donors (Lipinski definition) is 0. The molecule has 1 aliphatic heterocycles. The van der Waals surface area contributed by atoms with Crippen molar-refractivity contribution in [2.24, 2.45) is 5.92 Å². The summed E-state index contributed by atoms with van der Waals surface area (Å²) in [5, 5.41) is 3.03. The molecule has 2 aromatic carbocycles. The van der Waals surface area contributed by atoms with Crippen molar-refractivity contribution in [3.05, 3.63) is 72.7 Å². The zero-order valence-corrected chi connectivity index (χ0v) is 20.9. The zero-order valence-electron chi connectivity index (χ0n) is 19.9. The van der Waals surface area contributed by atoms with E-state index in [0.717, 1.165) is 5.47 Å². The Hall–Kier alpha value is -1.62. The molecule has 1 saturated carbocycles. The molecule has 1 aliphatic carbocycles. The normalized spacial score (nSPS) is 25.4. The third-order valence-corrected chi connectivity index (χ3v) is 13.5. The molecule has 0 spiro atoms. The number of hydrogen-bond acceptors (Lipinski definition) is 2. The largest absolute Gasteiger partial charge is 0.490 e. The summed E-state index contributed by atoms with van der Waals surface area (Å²) in [6.45, 7) is 15.7. The molecule has 1 saturated heterocycles. The Morgan fingerprint density at radius 2 is 1.29 bits per heavy atom. The van der Waals surface area contributed by atoms with Gasteiger partial charge in [0.15, 0.2) is 0 Å². The maximum absolute atomic E-state index is 6.45. The molecule has 2 aliphatic rings. The second-order valence-electron chi connectivity index (χ2n) is 10.6. The summed E-state index contributed by atoms with van der Waals surface area (Å²) in [5.74, 6) is 0.417. The molecule has 1 heterocycles. The van der Waals surface area contributed by atoms with Crippen LogP contribution >= 0.6 is 0 Å². The first-order chi connectivity index (χ1) is 14.7. The van der Waals surface area contributed by atoms with Crippen LogP contribution in [0.3, 0.4) is 0 Å². The van der Waals surface area contributed by atoms with Gasteiger partial charge in [-0.2, -0.15) is 0 Å². The van der Waals surface area contributed by atoms with Crippen LogP contribution in [0.4, 0.5) is 0 Å². The second kappa shape index (κ2) is 8.38. The van der Waals surface area contributed by atoms with Gasteiger partial charge in [0.2, 0.25) is 0 Å². The lowest BCUT2D eigenvalue weighted by Crippen LogP contribution is -2.61. The van der Waals surface area contributed by atoms with Crippen LogP contribution < -0.4 is 10.4 Å². The predicted molar refractivity (Wildman–Crippen MR) is 135 cm³/mol. The van der Waals surface area contributed by atoms with E-state index in [9.17, 15) is 0 Å². The van der Waals surface area contributed by atoms with Crippen LogP contribution in [0.15, 0.2) is 72.7 Å². The van der Waals surface area contributed by atoms with Crippen molar-refractivity contribution < 1.29 is 9.31 Å². The van der Waals surface area contributed by atoms with E-state index in [4.69, 9.17) is 9.31 Å². The molecule has 2 fully saturated rings. The summed E-state index contributed by atoms with van der Waals surface area (Å²) in [4.78, 5) is 0. The summed E-state index contributed by atoms with van der Waals surface area (Å²) < 4.78 is 12.9. The standard InChI is InChI=1S/C27H37BO2Si/c1-21(28-29-26(2,3)27(4,5)30-28)24-19-13-14-20-25(24)31(6,22-15-9-7-10-16-22)23-17-11-8-12-18-23/h7-12,15-18,24-25H,1,13-14,19-20H2,2-6H3/t24-,25-/m0/s1. The Morgan fingerprint density at radius 3 is 1.77 bits per heavy atom. The third-order valence-electron chi connectivity index (χ3n) is 8.29. The Bertz CT molecular complexity index is 854. The van der Waals surface area contributed by atoms with Crippen LogP contribution in [0.5, 0.6) is 0 Å². The molecule has 31 heavy (non-hydrogen) atoms. The fourth-order valence-electron chi connectivity index (χ4n) is 5.60. The molecule has 2 aromatic rings. The highest BCUT2D eigenvalue weighted by Crippen LogP contribution is 2.48. The summed E-state index contributed by atoms with van der Waals surface area (Å²) in [6, 6.07) is 22.5. The van der Waals surface area contributed by atoms with Crippen molar-refractivity contribution >= 4 is 25.6 Å². The van der Waals surface area contributed by atoms with Gasteiger partial charge < -0.3 is 9.31 Å². The molecular formula is C27H37BO2Si. The molecule has 2 nitrogen and oxygen atoms in total. The van der Waals surface area contributed by atoms with Crippen molar-refractivity contribution in [3.8, 4) is 0 Å². The van der Waals surface area contributed by atoms with E-state index in [-0.39, 0.29) is 18.3 Å². The van der Waals surface area contributed by atoms with Gasteiger partial charge in [0, 0.05) is 0 Å². The van der Waals surface area contributed by atoms with Gasteiger partial charge in [-0.3, -0.25) is 0 Å². The smallest absolute Gasteiger partial charge is 0.400 e. The fraction of sp³-hybridized carbons (Fsp3) is 0.481. The first-order valence-corrected chi connectivity index (χ1v) is 14.4. The average Bonchev–Trinajstić information content (AvgIpc) is 3.01. The lowest BCUT2D eigenvalue weighted by molar-refractivity contribution is 0.00578. The van der Waals surface area contributed by atoms with Gasteiger partial charge in [-0.15, -0.1) is 6.58 Å². The van der Waals surface area contributed by atoms with Crippen LogP contribution in [0.1, 0.15) is 53.4 Å². The first-order valence-electron chi connectivity index (χ1n) is 11.8. The minimum atomic E-state index is -2.02. The van der Waals surface area contributed by atoms with E-state index in [1.165, 1.54) is 36.1 Å². The van der Waals surface area contributed by atoms with Crippen molar-refractivity contribution in [2.45, 2.75) is 76.7 Å². The third kappa shape index (κ3) is 3.99. The van der Waals surface area contributed by atoms with E-state index in [1.54, 1.807) is 0 Å². The van der Waals surface area contributed by atoms with Crippen molar-refractivity contribution in [2.75, 3.05) is 0 Å². The molecule has 0 aromatic heterocycles.